The van der Waals surface area contributed by atoms with Crippen molar-refractivity contribution in [1.29, 1.82) is 0 Å². The molecule has 19 heavy (non-hydrogen) atoms. The molecule has 3 heterocycles. The van der Waals surface area contributed by atoms with Gasteiger partial charge in [0.05, 0.1) is 5.60 Å². The van der Waals surface area contributed by atoms with Gasteiger partial charge in [-0.05, 0) is 52.5 Å². The van der Waals surface area contributed by atoms with E-state index >= 15 is 0 Å². The van der Waals surface area contributed by atoms with E-state index in [2.05, 4.69) is 30.6 Å². The molecule has 3 rings (SSSR count). The summed E-state index contributed by atoms with van der Waals surface area (Å²) in [6.45, 7) is 11.8. The Labute approximate surface area is 118 Å². The maximum absolute atomic E-state index is 5.90. The standard InChI is InChI=1S/C16H30N2O/c1-4-13-11-17-8-5-6-15(17)12-18(13)14-7-9-19-16(2,3)10-14/h13-15H,4-12H2,1-3H3. The molecule has 3 aliphatic heterocycles. The molecule has 0 spiro atoms. The Hall–Kier alpha value is -0.120. The predicted octanol–water partition coefficient (Wildman–Crippen LogP) is 2.50. The van der Waals surface area contributed by atoms with E-state index in [0.717, 1.165) is 24.7 Å². The number of piperazine rings is 1. The molecule has 0 amide bonds. The lowest BCUT2D eigenvalue weighted by Crippen LogP contribution is -2.60. The van der Waals surface area contributed by atoms with Gasteiger partial charge in [-0.2, -0.15) is 0 Å². The van der Waals surface area contributed by atoms with E-state index in [4.69, 9.17) is 4.74 Å². The maximum atomic E-state index is 5.90. The number of hydrogen-bond donors (Lipinski definition) is 0. The first kappa shape index (κ1) is 13.8. The Morgan fingerprint density at radius 1 is 1.16 bits per heavy atom. The highest BCUT2D eigenvalue weighted by Gasteiger charge is 2.41. The lowest BCUT2D eigenvalue weighted by Gasteiger charge is -2.50. The highest BCUT2D eigenvalue weighted by atomic mass is 16.5. The van der Waals surface area contributed by atoms with Crippen molar-refractivity contribution in [3.05, 3.63) is 0 Å². The first-order valence-electron chi connectivity index (χ1n) is 8.23. The Kier molecular flexibility index (Phi) is 3.89. The van der Waals surface area contributed by atoms with Crippen LogP contribution in [-0.2, 0) is 4.74 Å². The lowest BCUT2D eigenvalue weighted by atomic mass is 9.90. The van der Waals surface area contributed by atoms with Crippen LogP contribution in [-0.4, -0.2) is 59.8 Å². The Balaban J connectivity index is 1.70. The fraction of sp³-hybridized carbons (Fsp3) is 1.00. The van der Waals surface area contributed by atoms with Gasteiger partial charge in [-0.1, -0.05) is 6.92 Å². The predicted molar refractivity (Wildman–Crippen MR) is 78.4 cm³/mol. The van der Waals surface area contributed by atoms with Crippen molar-refractivity contribution in [3.8, 4) is 0 Å². The highest BCUT2D eigenvalue weighted by molar-refractivity contribution is 4.96. The molecule has 0 aromatic carbocycles. The second-order valence-electron chi connectivity index (χ2n) is 7.30. The summed E-state index contributed by atoms with van der Waals surface area (Å²) in [4.78, 5) is 5.59. The van der Waals surface area contributed by atoms with Crippen LogP contribution in [0.4, 0.5) is 0 Å². The molecule has 0 saturated carbocycles. The van der Waals surface area contributed by atoms with Gasteiger partial charge in [0, 0.05) is 37.8 Å². The summed E-state index contributed by atoms with van der Waals surface area (Å²) in [5.74, 6) is 0. The van der Waals surface area contributed by atoms with E-state index in [1.807, 2.05) is 0 Å². The molecule has 0 aromatic heterocycles. The summed E-state index contributed by atoms with van der Waals surface area (Å²) < 4.78 is 5.90. The topological polar surface area (TPSA) is 15.7 Å². The molecule has 0 aliphatic carbocycles. The van der Waals surface area contributed by atoms with Crippen LogP contribution in [0, 0.1) is 0 Å². The van der Waals surface area contributed by atoms with Crippen molar-refractivity contribution >= 4 is 0 Å². The minimum Gasteiger partial charge on any atom is -0.375 e. The van der Waals surface area contributed by atoms with Crippen LogP contribution in [0.5, 0.6) is 0 Å². The fourth-order valence-electron chi connectivity index (χ4n) is 4.40. The van der Waals surface area contributed by atoms with E-state index < -0.39 is 0 Å². The van der Waals surface area contributed by atoms with E-state index in [1.165, 1.54) is 51.7 Å². The van der Waals surface area contributed by atoms with Gasteiger partial charge in [-0.3, -0.25) is 9.80 Å². The van der Waals surface area contributed by atoms with E-state index in [-0.39, 0.29) is 5.60 Å². The van der Waals surface area contributed by atoms with Crippen LogP contribution in [0.15, 0.2) is 0 Å². The molecule has 110 valence electrons. The highest BCUT2D eigenvalue weighted by Crippen LogP contribution is 2.33. The summed E-state index contributed by atoms with van der Waals surface area (Å²) in [6, 6.07) is 2.36. The van der Waals surface area contributed by atoms with Crippen LogP contribution in [0.1, 0.15) is 52.9 Å². The van der Waals surface area contributed by atoms with Crippen LogP contribution >= 0.6 is 0 Å². The third kappa shape index (κ3) is 2.84. The summed E-state index contributed by atoms with van der Waals surface area (Å²) in [5.41, 5.74) is 0.0774. The van der Waals surface area contributed by atoms with Crippen LogP contribution < -0.4 is 0 Å². The van der Waals surface area contributed by atoms with Gasteiger partial charge in [-0.25, -0.2) is 0 Å². The molecule has 0 radical (unpaired) electrons. The molecule has 3 aliphatic rings. The Bertz CT molecular complexity index is 318. The molecule has 3 saturated heterocycles. The molecular formula is C16H30N2O. The van der Waals surface area contributed by atoms with E-state index in [1.54, 1.807) is 0 Å². The van der Waals surface area contributed by atoms with Crippen LogP contribution in [0.25, 0.3) is 0 Å². The zero-order valence-electron chi connectivity index (χ0n) is 12.9. The monoisotopic (exact) mass is 266 g/mol. The maximum Gasteiger partial charge on any atom is 0.0641 e. The molecule has 3 nitrogen and oxygen atoms in total. The van der Waals surface area contributed by atoms with Crippen molar-refractivity contribution in [1.82, 2.24) is 9.80 Å². The van der Waals surface area contributed by atoms with Crippen molar-refractivity contribution < 1.29 is 4.74 Å². The van der Waals surface area contributed by atoms with Gasteiger partial charge in [0.1, 0.15) is 0 Å². The number of ether oxygens (including phenoxy) is 1. The van der Waals surface area contributed by atoms with Crippen molar-refractivity contribution in [3.63, 3.8) is 0 Å². The van der Waals surface area contributed by atoms with Crippen LogP contribution in [0.3, 0.4) is 0 Å². The molecule has 3 heteroatoms. The van der Waals surface area contributed by atoms with Gasteiger partial charge in [0.25, 0.3) is 0 Å². The second-order valence-corrected chi connectivity index (χ2v) is 7.30. The fourth-order valence-corrected chi connectivity index (χ4v) is 4.40. The van der Waals surface area contributed by atoms with Gasteiger partial charge >= 0.3 is 0 Å². The zero-order chi connectivity index (χ0) is 13.5. The second kappa shape index (κ2) is 5.34. The molecule has 0 N–H and O–H groups in total. The minimum atomic E-state index is 0.0774. The first-order chi connectivity index (χ1) is 9.09. The number of hydrogen-bond acceptors (Lipinski definition) is 3. The minimum absolute atomic E-state index is 0.0774. The molecule has 3 fully saturated rings. The molecule has 3 unspecified atom stereocenters. The smallest absolute Gasteiger partial charge is 0.0641 e. The molecule has 0 aromatic rings. The quantitative estimate of drug-likeness (QED) is 0.764. The van der Waals surface area contributed by atoms with Crippen molar-refractivity contribution in [2.45, 2.75) is 76.6 Å². The zero-order valence-corrected chi connectivity index (χ0v) is 12.9. The summed E-state index contributed by atoms with van der Waals surface area (Å²) in [5, 5.41) is 0. The van der Waals surface area contributed by atoms with Gasteiger partial charge in [0.15, 0.2) is 0 Å². The molecule has 0 bridgehead atoms. The van der Waals surface area contributed by atoms with E-state index in [9.17, 15) is 0 Å². The number of fused-ring (bicyclic) bond motifs is 1. The largest absolute Gasteiger partial charge is 0.375 e. The van der Waals surface area contributed by atoms with Crippen molar-refractivity contribution in [2.24, 2.45) is 0 Å². The summed E-state index contributed by atoms with van der Waals surface area (Å²) >= 11 is 0. The van der Waals surface area contributed by atoms with Crippen molar-refractivity contribution in [2.75, 3.05) is 26.2 Å². The summed E-state index contributed by atoms with van der Waals surface area (Å²) in [6.07, 6.45) is 6.55. The lowest BCUT2D eigenvalue weighted by molar-refractivity contribution is -0.101. The van der Waals surface area contributed by atoms with Gasteiger partial charge in [0.2, 0.25) is 0 Å². The molecule has 3 atom stereocenters. The SMILES string of the molecule is CCC1CN2CCCC2CN1C1CCOC(C)(C)C1. The molecular weight excluding hydrogens is 236 g/mol. The number of nitrogens with zero attached hydrogens (tertiary/aromatic N) is 2. The average Bonchev–Trinajstić information content (AvgIpc) is 2.83. The Morgan fingerprint density at radius 2 is 2.00 bits per heavy atom. The third-order valence-electron chi connectivity index (χ3n) is 5.45. The summed E-state index contributed by atoms with van der Waals surface area (Å²) in [7, 11) is 0. The number of rotatable bonds is 2. The third-order valence-corrected chi connectivity index (χ3v) is 5.45. The Morgan fingerprint density at radius 3 is 2.74 bits per heavy atom. The van der Waals surface area contributed by atoms with E-state index in [0.29, 0.717) is 0 Å². The van der Waals surface area contributed by atoms with Gasteiger partial charge in [-0.15, -0.1) is 0 Å². The van der Waals surface area contributed by atoms with Crippen LogP contribution in [0.2, 0.25) is 0 Å². The first-order valence-corrected chi connectivity index (χ1v) is 8.23. The average molecular weight is 266 g/mol. The normalized spacial score (nSPS) is 40.3. The van der Waals surface area contributed by atoms with Gasteiger partial charge < -0.3 is 4.74 Å².